The Hall–Kier alpha value is -0.670. The summed E-state index contributed by atoms with van der Waals surface area (Å²) in [6.45, 7) is 14.6. The molecule has 0 aliphatic carbocycles. The van der Waals surface area contributed by atoms with Crippen LogP contribution in [0, 0.1) is 5.92 Å². The zero-order chi connectivity index (χ0) is 14.4. The van der Waals surface area contributed by atoms with E-state index in [2.05, 4.69) is 51.2 Å². The van der Waals surface area contributed by atoms with Crippen LogP contribution in [0.2, 0.25) is 0 Å². The molecule has 108 valence electrons. The van der Waals surface area contributed by atoms with Gasteiger partial charge in [0, 0.05) is 19.0 Å². The van der Waals surface area contributed by atoms with Gasteiger partial charge in [0.15, 0.2) is 0 Å². The van der Waals surface area contributed by atoms with Gasteiger partial charge in [-0.05, 0) is 33.6 Å². The van der Waals surface area contributed by atoms with Crippen molar-refractivity contribution >= 4 is 6.29 Å². The molecule has 18 heavy (non-hydrogen) atoms. The van der Waals surface area contributed by atoms with Crippen LogP contribution in [0.3, 0.4) is 0 Å². The fraction of sp³-hybridized carbons (Fsp3) is 0.800. The van der Waals surface area contributed by atoms with Crippen molar-refractivity contribution in [2.75, 3.05) is 40.3 Å². The van der Waals surface area contributed by atoms with Gasteiger partial charge in [0.05, 0.1) is 0 Å². The number of hydrogen-bond acceptors (Lipinski definition) is 3. The lowest BCUT2D eigenvalue weighted by atomic mass is 10.1. The summed E-state index contributed by atoms with van der Waals surface area (Å²) in [5.41, 5.74) is 0. The van der Waals surface area contributed by atoms with Crippen LogP contribution in [0.15, 0.2) is 12.7 Å². The number of likely N-dealkylation sites (N-methyl/N-ethyl adjacent to an activating group) is 2. The molecular weight excluding hydrogens is 224 g/mol. The Bertz CT molecular complexity index is 177. The van der Waals surface area contributed by atoms with E-state index < -0.39 is 0 Å². The third-order valence-corrected chi connectivity index (χ3v) is 3.04. The van der Waals surface area contributed by atoms with Crippen LogP contribution in [0.1, 0.15) is 33.6 Å². The molecule has 0 aliphatic rings. The fourth-order valence-electron chi connectivity index (χ4n) is 1.23. The molecule has 0 aromatic carbocycles. The Morgan fingerprint density at radius 2 is 1.50 bits per heavy atom. The van der Waals surface area contributed by atoms with Crippen molar-refractivity contribution in [3.05, 3.63) is 12.7 Å². The van der Waals surface area contributed by atoms with Gasteiger partial charge in [-0.25, -0.2) is 0 Å². The molecule has 3 nitrogen and oxygen atoms in total. The Balaban J connectivity index is 0. The lowest BCUT2D eigenvalue weighted by Crippen LogP contribution is -2.30. The summed E-state index contributed by atoms with van der Waals surface area (Å²) in [5, 5.41) is 0. The lowest BCUT2D eigenvalue weighted by molar-refractivity contribution is -0.110. The monoisotopic (exact) mass is 256 g/mol. The highest BCUT2D eigenvalue weighted by Crippen LogP contribution is 2.02. The maximum atomic E-state index is 10.1. The number of allylic oxidation sites excluding steroid dienone is 1. The van der Waals surface area contributed by atoms with E-state index in [1.165, 1.54) is 13.1 Å². The summed E-state index contributed by atoms with van der Waals surface area (Å²) in [5.74, 6) is 0.0833. The van der Waals surface area contributed by atoms with Crippen molar-refractivity contribution in [1.82, 2.24) is 9.80 Å². The van der Waals surface area contributed by atoms with E-state index >= 15 is 0 Å². The molecule has 0 aliphatic heterocycles. The number of nitrogens with zero attached hydrogens (tertiary/aromatic N) is 2. The van der Waals surface area contributed by atoms with Crippen molar-refractivity contribution < 1.29 is 4.79 Å². The minimum absolute atomic E-state index is 0.0833. The Morgan fingerprint density at radius 3 is 1.67 bits per heavy atom. The molecule has 1 unspecified atom stereocenters. The molecule has 0 fully saturated rings. The summed E-state index contributed by atoms with van der Waals surface area (Å²) < 4.78 is 0. The summed E-state index contributed by atoms with van der Waals surface area (Å²) in [6.07, 6.45) is 4.62. The molecule has 0 aromatic heterocycles. The van der Waals surface area contributed by atoms with Gasteiger partial charge in [-0.2, -0.15) is 0 Å². The molecule has 0 radical (unpaired) electrons. The molecule has 3 heteroatoms. The van der Waals surface area contributed by atoms with Gasteiger partial charge in [-0.3, -0.25) is 0 Å². The predicted octanol–water partition coefficient (Wildman–Crippen LogP) is 2.68. The van der Waals surface area contributed by atoms with Gasteiger partial charge < -0.3 is 14.6 Å². The van der Waals surface area contributed by atoms with Crippen molar-refractivity contribution in [2.45, 2.75) is 33.6 Å². The van der Waals surface area contributed by atoms with E-state index in [0.717, 1.165) is 32.2 Å². The zero-order valence-corrected chi connectivity index (χ0v) is 13.0. The van der Waals surface area contributed by atoms with Gasteiger partial charge in [-0.1, -0.05) is 33.3 Å². The quantitative estimate of drug-likeness (QED) is 0.468. The summed E-state index contributed by atoms with van der Waals surface area (Å²) >= 11 is 0. The number of hydrogen-bond donors (Lipinski definition) is 0. The molecule has 0 rings (SSSR count). The van der Waals surface area contributed by atoms with E-state index in [1.54, 1.807) is 6.08 Å². The first-order valence-corrected chi connectivity index (χ1v) is 7.00. The van der Waals surface area contributed by atoms with Crippen LogP contribution in [0.5, 0.6) is 0 Å². The maximum Gasteiger partial charge on any atom is 0.126 e. The van der Waals surface area contributed by atoms with Crippen molar-refractivity contribution in [2.24, 2.45) is 5.92 Å². The van der Waals surface area contributed by atoms with E-state index in [4.69, 9.17) is 0 Å². The van der Waals surface area contributed by atoms with E-state index in [-0.39, 0.29) is 5.92 Å². The topological polar surface area (TPSA) is 23.6 Å². The van der Waals surface area contributed by atoms with Gasteiger partial charge in [0.2, 0.25) is 0 Å². The Morgan fingerprint density at radius 1 is 1.06 bits per heavy atom. The third-order valence-electron chi connectivity index (χ3n) is 3.04. The van der Waals surface area contributed by atoms with Crippen LogP contribution in [-0.2, 0) is 4.79 Å². The molecule has 0 spiro atoms. The number of carbonyl (C=O) groups is 1. The summed E-state index contributed by atoms with van der Waals surface area (Å²) in [7, 11) is 4.31. The zero-order valence-electron chi connectivity index (χ0n) is 13.0. The first-order chi connectivity index (χ1) is 8.55. The van der Waals surface area contributed by atoms with Crippen molar-refractivity contribution in [3.8, 4) is 0 Å². The Kier molecular flexibility index (Phi) is 15.7. The summed E-state index contributed by atoms with van der Waals surface area (Å²) in [4.78, 5) is 14.7. The third kappa shape index (κ3) is 13.4. The average Bonchev–Trinajstić information content (AvgIpc) is 2.42. The van der Waals surface area contributed by atoms with Crippen LogP contribution >= 0.6 is 0 Å². The molecule has 0 aromatic rings. The smallest absolute Gasteiger partial charge is 0.126 e. The second-order valence-electron chi connectivity index (χ2n) is 4.62. The highest BCUT2D eigenvalue weighted by molar-refractivity contribution is 5.55. The van der Waals surface area contributed by atoms with Gasteiger partial charge >= 0.3 is 0 Å². The number of rotatable bonds is 9. The second kappa shape index (κ2) is 14.4. The molecule has 1 atom stereocenters. The molecular formula is C15H32N2O. The first-order valence-electron chi connectivity index (χ1n) is 7.00. The predicted molar refractivity (Wildman–Crippen MR) is 81.0 cm³/mol. The van der Waals surface area contributed by atoms with Gasteiger partial charge in [0.1, 0.15) is 6.29 Å². The number of carbonyl (C=O) groups excluding carboxylic acids is 1. The van der Waals surface area contributed by atoms with Crippen LogP contribution in [-0.4, -0.2) is 56.4 Å². The largest absolute Gasteiger partial charge is 0.305 e. The first kappa shape index (κ1) is 19.7. The van der Waals surface area contributed by atoms with E-state index in [1.807, 2.05) is 0 Å². The second-order valence-corrected chi connectivity index (χ2v) is 4.62. The standard InChI is InChI=1S/C8H20N2.C7H12O/c1-5-9(3)7-8-10(4)6-2;1-3-5-7(4-2)6-8/h5-8H2,1-4H3;4,6-7H,2-3,5H2,1H3. The normalized spacial score (nSPS) is 11.9. The van der Waals surface area contributed by atoms with Gasteiger partial charge in [-0.15, -0.1) is 6.58 Å². The molecule has 0 amide bonds. The highest BCUT2D eigenvalue weighted by Gasteiger charge is 1.97. The van der Waals surface area contributed by atoms with Crippen LogP contribution in [0.25, 0.3) is 0 Å². The molecule has 0 N–H and O–H groups in total. The molecule has 0 heterocycles. The minimum Gasteiger partial charge on any atom is -0.305 e. The fourth-order valence-corrected chi connectivity index (χ4v) is 1.23. The Labute approximate surface area is 114 Å². The molecule has 0 bridgehead atoms. The average molecular weight is 256 g/mol. The number of aldehydes is 1. The molecule has 0 saturated carbocycles. The lowest BCUT2D eigenvalue weighted by Gasteiger charge is -2.18. The van der Waals surface area contributed by atoms with E-state index in [0.29, 0.717) is 0 Å². The van der Waals surface area contributed by atoms with Crippen LogP contribution < -0.4 is 0 Å². The van der Waals surface area contributed by atoms with Gasteiger partial charge in [0.25, 0.3) is 0 Å². The van der Waals surface area contributed by atoms with Crippen molar-refractivity contribution in [3.63, 3.8) is 0 Å². The molecule has 0 saturated heterocycles. The minimum atomic E-state index is 0.0833. The van der Waals surface area contributed by atoms with Crippen molar-refractivity contribution in [1.29, 1.82) is 0 Å². The maximum absolute atomic E-state index is 10.1. The SMILES string of the molecule is C=CC(C=O)CCC.CCN(C)CCN(C)CC. The highest BCUT2D eigenvalue weighted by atomic mass is 16.1. The summed E-state index contributed by atoms with van der Waals surface area (Å²) in [6, 6.07) is 0. The van der Waals surface area contributed by atoms with Crippen LogP contribution in [0.4, 0.5) is 0 Å². The van der Waals surface area contributed by atoms with E-state index in [9.17, 15) is 4.79 Å².